The maximum Gasteiger partial charge on any atom is 0.230 e. The van der Waals surface area contributed by atoms with E-state index in [-0.39, 0.29) is 11.3 Å². The van der Waals surface area contributed by atoms with Gasteiger partial charge >= 0.3 is 0 Å². The molecule has 4 aliphatic carbocycles. The van der Waals surface area contributed by atoms with E-state index < -0.39 is 0 Å². The minimum atomic E-state index is -0.108. The van der Waals surface area contributed by atoms with Crippen LogP contribution in [0.25, 0.3) is 0 Å². The molecule has 4 bridgehead atoms. The van der Waals surface area contributed by atoms with Crippen molar-refractivity contribution in [1.29, 1.82) is 0 Å². The molecule has 1 aromatic carbocycles. The maximum absolute atomic E-state index is 13.1. The minimum Gasteiger partial charge on any atom is -0.489 e. The van der Waals surface area contributed by atoms with E-state index in [1.165, 1.54) is 19.3 Å². The van der Waals surface area contributed by atoms with Crippen molar-refractivity contribution in [2.45, 2.75) is 45.4 Å². The van der Waals surface area contributed by atoms with Crippen molar-refractivity contribution in [1.82, 2.24) is 0 Å². The number of carbonyl (C=O) groups excluding carboxylic acids is 1. The van der Waals surface area contributed by atoms with Crippen LogP contribution in [0.15, 0.2) is 36.4 Å². The van der Waals surface area contributed by atoms with Gasteiger partial charge in [0.05, 0.1) is 5.41 Å². The number of carbonyl (C=O) groups is 1. The van der Waals surface area contributed by atoms with Crippen molar-refractivity contribution in [2.24, 2.45) is 23.2 Å². The molecule has 0 unspecified atom stereocenters. The fraction of sp³-hybridized carbons (Fsp3) is 0.571. The zero-order chi connectivity index (χ0) is 16.7. The Hall–Kier alpha value is -1.77. The summed E-state index contributed by atoms with van der Waals surface area (Å²) in [5.41, 5.74) is 1.72. The second-order valence-electron chi connectivity index (χ2n) is 8.43. The molecule has 4 aliphatic rings. The Morgan fingerprint density at radius 1 is 1.21 bits per heavy atom. The molecule has 1 aromatic rings. The van der Waals surface area contributed by atoms with Gasteiger partial charge in [-0.05, 0) is 80.9 Å². The molecule has 3 heteroatoms. The van der Waals surface area contributed by atoms with Crippen LogP contribution in [0.1, 0.15) is 45.4 Å². The van der Waals surface area contributed by atoms with Gasteiger partial charge in [-0.3, -0.25) is 4.79 Å². The summed E-state index contributed by atoms with van der Waals surface area (Å²) >= 11 is 0. The number of hydrogen-bond donors (Lipinski definition) is 1. The molecule has 128 valence electrons. The molecule has 24 heavy (non-hydrogen) atoms. The van der Waals surface area contributed by atoms with Crippen LogP contribution < -0.4 is 10.1 Å². The average Bonchev–Trinajstić information content (AvgIpc) is 2.52. The summed E-state index contributed by atoms with van der Waals surface area (Å²) in [5.74, 6) is 3.37. The number of rotatable bonds is 5. The first-order chi connectivity index (χ1) is 11.5. The number of ether oxygens (including phenoxy) is 1. The molecule has 1 N–H and O–H groups in total. The highest BCUT2D eigenvalue weighted by Crippen LogP contribution is 2.60. The first-order valence-corrected chi connectivity index (χ1v) is 9.21. The van der Waals surface area contributed by atoms with Gasteiger partial charge in [0, 0.05) is 11.8 Å². The molecule has 3 nitrogen and oxygen atoms in total. The monoisotopic (exact) mass is 325 g/mol. The van der Waals surface area contributed by atoms with Crippen molar-refractivity contribution in [2.75, 3.05) is 11.9 Å². The maximum atomic E-state index is 13.1. The number of benzene rings is 1. The van der Waals surface area contributed by atoms with Gasteiger partial charge in [0.1, 0.15) is 12.4 Å². The molecule has 0 saturated heterocycles. The van der Waals surface area contributed by atoms with Crippen LogP contribution in [0.3, 0.4) is 0 Å². The Morgan fingerprint density at radius 3 is 2.42 bits per heavy atom. The SMILES string of the molecule is C=C(C)COc1cccc(NC(=O)C23CC4CC(CC(C4)C2)C3)c1. The Morgan fingerprint density at radius 2 is 1.83 bits per heavy atom. The van der Waals surface area contributed by atoms with Crippen molar-refractivity contribution in [3.05, 3.63) is 36.4 Å². The number of nitrogens with one attached hydrogen (secondary N) is 1. The van der Waals surface area contributed by atoms with E-state index >= 15 is 0 Å². The van der Waals surface area contributed by atoms with E-state index in [0.717, 1.165) is 54.0 Å². The molecule has 0 heterocycles. The summed E-state index contributed by atoms with van der Waals surface area (Å²) in [6, 6.07) is 7.72. The van der Waals surface area contributed by atoms with E-state index in [1.807, 2.05) is 31.2 Å². The summed E-state index contributed by atoms with van der Waals surface area (Å²) in [5, 5.41) is 3.19. The lowest BCUT2D eigenvalue weighted by Gasteiger charge is -2.55. The zero-order valence-electron chi connectivity index (χ0n) is 14.5. The molecule has 0 spiro atoms. The van der Waals surface area contributed by atoms with Gasteiger partial charge in [-0.1, -0.05) is 12.6 Å². The quantitative estimate of drug-likeness (QED) is 0.790. The van der Waals surface area contributed by atoms with Gasteiger partial charge in [-0.25, -0.2) is 0 Å². The molecular weight excluding hydrogens is 298 g/mol. The third-order valence-corrected chi connectivity index (χ3v) is 6.10. The van der Waals surface area contributed by atoms with Gasteiger partial charge in [0.2, 0.25) is 5.91 Å². The minimum absolute atomic E-state index is 0.108. The molecular formula is C21H27NO2. The Kier molecular flexibility index (Phi) is 3.90. The van der Waals surface area contributed by atoms with Crippen molar-refractivity contribution >= 4 is 11.6 Å². The van der Waals surface area contributed by atoms with Crippen LogP contribution >= 0.6 is 0 Å². The Labute approximate surface area is 144 Å². The first-order valence-electron chi connectivity index (χ1n) is 9.21. The molecule has 1 amide bonds. The van der Waals surface area contributed by atoms with Crippen LogP contribution in [-0.2, 0) is 4.79 Å². The molecule has 5 rings (SSSR count). The van der Waals surface area contributed by atoms with Gasteiger partial charge in [-0.15, -0.1) is 0 Å². The van der Waals surface area contributed by atoms with E-state index in [9.17, 15) is 4.79 Å². The van der Waals surface area contributed by atoms with Crippen molar-refractivity contribution in [3.8, 4) is 5.75 Å². The lowest BCUT2D eigenvalue weighted by Crippen LogP contribution is -2.51. The van der Waals surface area contributed by atoms with Crippen LogP contribution in [0.2, 0.25) is 0 Å². The highest BCUT2D eigenvalue weighted by atomic mass is 16.5. The van der Waals surface area contributed by atoms with Crippen LogP contribution in [0, 0.1) is 23.2 Å². The van der Waals surface area contributed by atoms with Crippen LogP contribution in [0.5, 0.6) is 5.75 Å². The summed E-state index contributed by atoms with van der Waals surface area (Å²) in [6.45, 7) is 6.30. The Balaban J connectivity index is 1.46. The molecule has 0 aromatic heterocycles. The predicted molar refractivity (Wildman–Crippen MR) is 96.0 cm³/mol. The smallest absolute Gasteiger partial charge is 0.230 e. The van der Waals surface area contributed by atoms with E-state index in [2.05, 4.69) is 11.9 Å². The fourth-order valence-corrected chi connectivity index (χ4v) is 5.52. The largest absolute Gasteiger partial charge is 0.489 e. The van der Waals surface area contributed by atoms with Gasteiger partial charge in [0.15, 0.2) is 0 Å². The predicted octanol–water partition coefficient (Wildman–Crippen LogP) is 4.80. The third-order valence-electron chi connectivity index (χ3n) is 6.10. The highest BCUT2D eigenvalue weighted by molar-refractivity contribution is 5.95. The number of hydrogen-bond acceptors (Lipinski definition) is 2. The van der Waals surface area contributed by atoms with E-state index in [4.69, 9.17) is 4.74 Å². The number of amides is 1. The van der Waals surface area contributed by atoms with Crippen LogP contribution in [0.4, 0.5) is 5.69 Å². The molecule has 0 atom stereocenters. The highest BCUT2D eigenvalue weighted by Gasteiger charge is 2.54. The molecule has 4 fully saturated rings. The first kappa shape index (κ1) is 15.7. The lowest BCUT2D eigenvalue weighted by atomic mass is 9.49. The second-order valence-corrected chi connectivity index (χ2v) is 8.43. The summed E-state index contributed by atoms with van der Waals surface area (Å²) in [6.07, 6.45) is 7.36. The topological polar surface area (TPSA) is 38.3 Å². The lowest BCUT2D eigenvalue weighted by molar-refractivity contribution is -0.140. The van der Waals surface area contributed by atoms with E-state index in [0.29, 0.717) is 6.61 Å². The fourth-order valence-electron chi connectivity index (χ4n) is 5.52. The van der Waals surface area contributed by atoms with Gasteiger partial charge < -0.3 is 10.1 Å². The van der Waals surface area contributed by atoms with E-state index in [1.54, 1.807) is 0 Å². The van der Waals surface area contributed by atoms with Gasteiger partial charge in [-0.2, -0.15) is 0 Å². The molecule has 0 radical (unpaired) electrons. The molecule has 0 aliphatic heterocycles. The zero-order valence-corrected chi connectivity index (χ0v) is 14.5. The Bertz CT molecular complexity index is 628. The summed E-state index contributed by atoms with van der Waals surface area (Å²) < 4.78 is 5.69. The molecule has 4 saturated carbocycles. The van der Waals surface area contributed by atoms with Crippen LogP contribution in [-0.4, -0.2) is 12.5 Å². The van der Waals surface area contributed by atoms with Crippen molar-refractivity contribution in [3.63, 3.8) is 0 Å². The number of anilines is 1. The normalized spacial score (nSPS) is 33.3. The van der Waals surface area contributed by atoms with Crippen molar-refractivity contribution < 1.29 is 9.53 Å². The second kappa shape index (κ2) is 5.94. The van der Waals surface area contributed by atoms with Gasteiger partial charge in [0.25, 0.3) is 0 Å². The third kappa shape index (κ3) is 2.97. The standard InChI is InChI=1S/C21H27NO2/c1-14(2)13-24-19-5-3-4-18(9-19)22-20(23)21-10-15-6-16(11-21)8-17(7-15)12-21/h3-5,9,15-17H,1,6-8,10-13H2,2H3,(H,22,23). The summed E-state index contributed by atoms with van der Waals surface area (Å²) in [7, 11) is 0. The average molecular weight is 325 g/mol. The summed E-state index contributed by atoms with van der Waals surface area (Å²) in [4.78, 5) is 13.1.